The van der Waals surface area contributed by atoms with Crippen LogP contribution in [0.4, 0.5) is 0 Å². The second-order valence-electron chi connectivity index (χ2n) is 5.93. The van der Waals surface area contributed by atoms with Gasteiger partial charge in [0, 0.05) is 44.2 Å². The van der Waals surface area contributed by atoms with E-state index in [4.69, 9.17) is 15.2 Å². The topological polar surface area (TPSA) is 60.1 Å². The molecule has 21 heavy (non-hydrogen) atoms. The fraction of sp³-hybridized carbons (Fsp3) is 0.688. The Morgan fingerprint density at radius 2 is 2.33 bits per heavy atom. The molecule has 0 saturated carbocycles. The number of hydrogen-bond donors (Lipinski definition) is 1. The number of ether oxygens (including phenoxy) is 2. The highest BCUT2D eigenvalue weighted by Gasteiger charge is 2.25. The molecule has 5 heteroatoms. The summed E-state index contributed by atoms with van der Waals surface area (Å²) in [4.78, 5) is 6.29. The van der Waals surface area contributed by atoms with E-state index in [2.05, 4.69) is 23.0 Å². The minimum Gasteiger partial charge on any atom is -0.501 e. The van der Waals surface area contributed by atoms with Crippen molar-refractivity contribution in [3.05, 3.63) is 24.3 Å². The highest BCUT2D eigenvalue weighted by atomic mass is 16.5. The van der Waals surface area contributed by atoms with Crippen molar-refractivity contribution >= 4 is 6.21 Å². The number of nitrogens with two attached hydrogens (primary N) is 1. The average Bonchev–Trinajstić information content (AvgIpc) is 2.53. The number of hydrogen-bond acceptors (Lipinski definition) is 5. The second-order valence-corrected chi connectivity index (χ2v) is 5.93. The molecule has 0 fully saturated rings. The van der Waals surface area contributed by atoms with Gasteiger partial charge in [0.05, 0.1) is 19.5 Å². The third-order valence-corrected chi connectivity index (χ3v) is 4.18. The van der Waals surface area contributed by atoms with E-state index in [-0.39, 0.29) is 6.04 Å². The summed E-state index contributed by atoms with van der Waals surface area (Å²) in [7, 11) is 3.90. The summed E-state index contributed by atoms with van der Waals surface area (Å²) in [5.41, 5.74) is 7.46. The first kappa shape index (κ1) is 15.9. The molecule has 2 heterocycles. The fourth-order valence-corrected chi connectivity index (χ4v) is 2.79. The molecule has 0 saturated heterocycles. The van der Waals surface area contributed by atoms with Crippen LogP contribution in [-0.4, -0.2) is 51.0 Å². The molecule has 2 unspecified atom stereocenters. The van der Waals surface area contributed by atoms with Gasteiger partial charge in [-0.3, -0.25) is 0 Å². The van der Waals surface area contributed by atoms with Crippen LogP contribution in [0, 0.1) is 11.8 Å². The lowest BCUT2D eigenvalue weighted by atomic mass is 9.92. The monoisotopic (exact) mass is 293 g/mol. The van der Waals surface area contributed by atoms with Crippen molar-refractivity contribution in [2.75, 3.05) is 33.9 Å². The molecule has 5 nitrogen and oxygen atoms in total. The van der Waals surface area contributed by atoms with Crippen LogP contribution in [0.15, 0.2) is 29.3 Å². The first-order valence-corrected chi connectivity index (χ1v) is 7.65. The maximum atomic E-state index is 6.24. The Bertz CT molecular complexity index is 406. The number of aliphatic imine (C=N–C) groups is 1. The van der Waals surface area contributed by atoms with Crippen molar-refractivity contribution in [2.45, 2.75) is 25.3 Å². The summed E-state index contributed by atoms with van der Waals surface area (Å²) in [5, 5.41) is 0. The summed E-state index contributed by atoms with van der Waals surface area (Å²) < 4.78 is 11.0. The van der Waals surface area contributed by atoms with Crippen LogP contribution in [0.1, 0.15) is 19.3 Å². The van der Waals surface area contributed by atoms with Crippen molar-refractivity contribution in [2.24, 2.45) is 22.6 Å². The molecule has 0 radical (unpaired) electrons. The zero-order valence-corrected chi connectivity index (χ0v) is 13.1. The molecule has 2 aliphatic heterocycles. The molecular weight excluding hydrogens is 266 g/mol. The van der Waals surface area contributed by atoms with Gasteiger partial charge in [-0.2, -0.15) is 0 Å². The minimum absolute atomic E-state index is 0.103. The van der Waals surface area contributed by atoms with Crippen LogP contribution >= 0.6 is 0 Å². The van der Waals surface area contributed by atoms with Gasteiger partial charge in [0.15, 0.2) is 0 Å². The van der Waals surface area contributed by atoms with Crippen molar-refractivity contribution < 1.29 is 9.47 Å². The normalized spacial score (nSPS) is 26.9. The van der Waals surface area contributed by atoms with Crippen LogP contribution in [0.2, 0.25) is 0 Å². The first-order chi connectivity index (χ1) is 10.2. The van der Waals surface area contributed by atoms with E-state index in [9.17, 15) is 0 Å². The Morgan fingerprint density at radius 3 is 3.05 bits per heavy atom. The van der Waals surface area contributed by atoms with Gasteiger partial charge in [-0.05, 0) is 31.6 Å². The highest BCUT2D eigenvalue weighted by molar-refractivity contribution is 5.57. The van der Waals surface area contributed by atoms with Gasteiger partial charge in [0.25, 0.3) is 0 Å². The molecule has 0 spiro atoms. The minimum atomic E-state index is 0.103. The lowest BCUT2D eigenvalue weighted by Gasteiger charge is -2.34. The Hall–Kier alpha value is -1.49. The summed E-state index contributed by atoms with van der Waals surface area (Å²) in [6, 6.07) is 0.103. The van der Waals surface area contributed by atoms with Crippen LogP contribution in [0.3, 0.4) is 0 Å². The number of nitrogens with zero attached hydrogens (tertiary/aromatic N) is 2. The molecule has 3 atom stereocenters. The number of rotatable bonds is 6. The molecule has 0 amide bonds. The van der Waals surface area contributed by atoms with E-state index >= 15 is 0 Å². The van der Waals surface area contributed by atoms with E-state index in [0.717, 1.165) is 32.4 Å². The summed E-state index contributed by atoms with van der Waals surface area (Å²) in [6.45, 7) is 2.48. The predicted octanol–water partition coefficient (Wildman–Crippen LogP) is 1.76. The van der Waals surface area contributed by atoms with E-state index in [1.54, 1.807) is 13.3 Å². The van der Waals surface area contributed by atoms with Crippen molar-refractivity contribution in [1.29, 1.82) is 0 Å². The highest BCUT2D eigenvalue weighted by Crippen LogP contribution is 2.25. The predicted molar refractivity (Wildman–Crippen MR) is 85.0 cm³/mol. The van der Waals surface area contributed by atoms with E-state index in [0.29, 0.717) is 18.4 Å². The second kappa shape index (κ2) is 8.08. The molecule has 0 aromatic heterocycles. The lowest BCUT2D eigenvalue weighted by Crippen LogP contribution is -2.38. The van der Waals surface area contributed by atoms with Crippen LogP contribution < -0.4 is 5.73 Å². The summed E-state index contributed by atoms with van der Waals surface area (Å²) in [6.07, 6.45) is 10.5. The Labute approximate surface area is 127 Å². The lowest BCUT2D eigenvalue weighted by molar-refractivity contribution is 0.121. The molecule has 2 N–H and O–H groups in total. The first-order valence-electron chi connectivity index (χ1n) is 7.65. The van der Waals surface area contributed by atoms with Crippen molar-refractivity contribution in [3.63, 3.8) is 0 Å². The summed E-state index contributed by atoms with van der Waals surface area (Å²) in [5.74, 6) is 0.898. The molecule has 0 aromatic rings. The fourth-order valence-electron chi connectivity index (χ4n) is 2.79. The Kier molecular flexibility index (Phi) is 6.11. The molecule has 2 aliphatic rings. The third-order valence-electron chi connectivity index (χ3n) is 4.18. The maximum Gasteiger partial charge on any atom is 0.102 e. The summed E-state index contributed by atoms with van der Waals surface area (Å²) >= 11 is 0. The van der Waals surface area contributed by atoms with Gasteiger partial charge < -0.3 is 25.1 Å². The third kappa shape index (κ3) is 4.77. The largest absolute Gasteiger partial charge is 0.501 e. The molecule has 0 aromatic carbocycles. The standard InChI is InChI=1S/C16H27N3O2/c1-18-6-5-16(17)14-8-15(12-21-11-14)19(2)9-13-4-3-7-20-10-13/h3,6-7,12-14,16H,4-5,8-11,17H2,1-2H3/t13?,14-,16?/m1/s1. The van der Waals surface area contributed by atoms with Crippen LogP contribution in [-0.2, 0) is 9.47 Å². The smallest absolute Gasteiger partial charge is 0.102 e. The van der Waals surface area contributed by atoms with Gasteiger partial charge in [0.1, 0.15) is 6.26 Å². The maximum absolute atomic E-state index is 6.24. The zero-order chi connectivity index (χ0) is 15.1. The number of allylic oxidation sites excluding steroid dienone is 2. The van der Waals surface area contributed by atoms with E-state index in [1.807, 2.05) is 12.5 Å². The molecular formula is C16H27N3O2. The molecule has 118 valence electrons. The average molecular weight is 293 g/mol. The molecule has 0 aliphatic carbocycles. The Balaban J connectivity index is 1.84. The van der Waals surface area contributed by atoms with Gasteiger partial charge in [-0.15, -0.1) is 0 Å². The SMILES string of the molecule is CN=CCC(N)[C@H]1COC=C(N(C)CC2CC=COC2)C1. The van der Waals surface area contributed by atoms with Crippen LogP contribution in [0.25, 0.3) is 0 Å². The van der Waals surface area contributed by atoms with Gasteiger partial charge >= 0.3 is 0 Å². The Morgan fingerprint density at radius 1 is 1.48 bits per heavy atom. The van der Waals surface area contributed by atoms with Crippen LogP contribution in [0.5, 0.6) is 0 Å². The zero-order valence-electron chi connectivity index (χ0n) is 13.1. The van der Waals surface area contributed by atoms with Gasteiger partial charge in [-0.1, -0.05) is 0 Å². The molecule has 2 rings (SSSR count). The van der Waals surface area contributed by atoms with Crippen molar-refractivity contribution in [3.8, 4) is 0 Å². The van der Waals surface area contributed by atoms with E-state index in [1.165, 1.54) is 5.70 Å². The van der Waals surface area contributed by atoms with E-state index < -0.39 is 0 Å². The quantitative estimate of drug-likeness (QED) is 0.758. The molecule has 0 bridgehead atoms. The van der Waals surface area contributed by atoms with Crippen molar-refractivity contribution in [1.82, 2.24) is 4.90 Å². The van der Waals surface area contributed by atoms with Gasteiger partial charge in [-0.25, -0.2) is 0 Å². The van der Waals surface area contributed by atoms with Gasteiger partial charge in [0.2, 0.25) is 0 Å².